The number of rotatable bonds is 2. The lowest BCUT2D eigenvalue weighted by atomic mass is 10.1. The maximum absolute atomic E-state index is 10.8. The van der Waals surface area contributed by atoms with Crippen molar-refractivity contribution in [3.05, 3.63) is 39.9 Å². The highest BCUT2D eigenvalue weighted by molar-refractivity contribution is 6.42. The molecule has 0 aliphatic rings. The molecule has 0 amide bonds. The standard InChI is InChI=1S/C11H8Cl2N2O2/c12-7-2-1-5(3-8(7)13)9-4-6(11(16)17)10(14)15-9/h1-4,15H,14H2,(H,16,17). The summed E-state index contributed by atoms with van der Waals surface area (Å²) < 4.78 is 0. The van der Waals surface area contributed by atoms with E-state index in [9.17, 15) is 4.79 Å². The number of aromatic amines is 1. The van der Waals surface area contributed by atoms with E-state index in [2.05, 4.69) is 4.98 Å². The highest BCUT2D eigenvalue weighted by Gasteiger charge is 2.13. The Balaban J connectivity index is 2.50. The summed E-state index contributed by atoms with van der Waals surface area (Å²) in [5, 5.41) is 9.71. The minimum atomic E-state index is -1.08. The second-order valence-electron chi connectivity index (χ2n) is 3.44. The molecule has 17 heavy (non-hydrogen) atoms. The Morgan fingerprint density at radius 3 is 2.47 bits per heavy atom. The molecule has 88 valence electrons. The van der Waals surface area contributed by atoms with Gasteiger partial charge < -0.3 is 15.8 Å². The Hall–Kier alpha value is -1.65. The fourth-order valence-corrected chi connectivity index (χ4v) is 1.76. The van der Waals surface area contributed by atoms with Gasteiger partial charge in [-0.1, -0.05) is 29.3 Å². The van der Waals surface area contributed by atoms with Gasteiger partial charge in [0.2, 0.25) is 0 Å². The lowest BCUT2D eigenvalue weighted by Gasteiger charge is -2.00. The van der Waals surface area contributed by atoms with E-state index in [1.807, 2.05) is 0 Å². The van der Waals surface area contributed by atoms with Gasteiger partial charge in [-0.15, -0.1) is 0 Å². The molecular formula is C11H8Cl2N2O2. The lowest BCUT2D eigenvalue weighted by Crippen LogP contribution is -1.98. The molecular weight excluding hydrogens is 263 g/mol. The third kappa shape index (κ3) is 2.23. The minimum Gasteiger partial charge on any atom is -0.478 e. The third-order valence-corrected chi connectivity index (χ3v) is 3.05. The fraction of sp³-hybridized carbons (Fsp3) is 0. The summed E-state index contributed by atoms with van der Waals surface area (Å²) in [4.78, 5) is 13.6. The predicted molar refractivity (Wildman–Crippen MR) is 67.6 cm³/mol. The molecule has 0 fully saturated rings. The van der Waals surface area contributed by atoms with Crippen LogP contribution in [0.15, 0.2) is 24.3 Å². The van der Waals surface area contributed by atoms with E-state index >= 15 is 0 Å². The van der Waals surface area contributed by atoms with Gasteiger partial charge in [0.05, 0.1) is 10.0 Å². The van der Waals surface area contributed by atoms with E-state index in [-0.39, 0.29) is 11.4 Å². The number of carboxylic acid groups (broad SMARTS) is 1. The Bertz CT molecular complexity index is 593. The molecule has 1 aromatic heterocycles. The first-order chi connectivity index (χ1) is 7.99. The quantitative estimate of drug-likeness (QED) is 0.784. The van der Waals surface area contributed by atoms with Crippen LogP contribution in [-0.2, 0) is 0 Å². The highest BCUT2D eigenvalue weighted by Crippen LogP contribution is 2.29. The normalized spacial score (nSPS) is 10.5. The zero-order chi connectivity index (χ0) is 12.6. The zero-order valence-corrected chi connectivity index (χ0v) is 10.0. The molecule has 6 heteroatoms. The average molecular weight is 271 g/mol. The maximum atomic E-state index is 10.8. The van der Waals surface area contributed by atoms with Crippen molar-refractivity contribution in [2.45, 2.75) is 0 Å². The van der Waals surface area contributed by atoms with Crippen LogP contribution in [0, 0.1) is 0 Å². The molecule has 0 atom stereocenters. The first-order valence-corrected chi connectivity index (χ1v) is 5.42. The van der Waals surface area contributed by atoms with Crippen LogP contribution in [0.1, 0.15) is 10.4 Å². The summed E-state index contributed by atoms with van der Waals surface area (Å²) in [5.74, 6) is -0.969. The third-order valence-electron chi connectivity index (χ3n) is 2.31. The Morgan fingerprint density at radius 2 is 1.94 bits per heavy atom. The van der Waals surface area contributed by atoms with E-state index < -0.39 is 5.97 Å². The molecule has 1 aromatic carbocycles. The molecule has 2 rings (SSSR count). The number of aromatic nitrogens is 1. The van der Waals surface area contributed by atoms with Crippen molar-refractivity contribution < 1.29 is 9.90 Å². The molecule has 1 heterocycles. The summed E-state index contributed by atoms with van der Waals surface area (Å²) in [6.07, 6.45) is 0. The van der Waals surface area contributed by atoms with E-state index in [0.717, 1.165) is 5.56 Å². The number of hydrogen-bond donors (Lipinski definition) is 3. The number of nitrogen functional groups attached to an aromatic ring is 1. The molecule has 0 saturated carbocycles. The molecule has 0 aliphatic heterocycles. The molecule has 0 radical (unpaired) electrons. The van der Waals surface area contributed by atoms with Crippen molar-refractivity contribution in [2.75, 3.05) is 5.73 Å². The monoisotopic (exact) mass is 270 g/mol. The Kier molecular flexibility index (Phi) is 3.00. The highest BCUT2D eigenvalue weighted by atomic mass is 35.5. The van der Waals surface area contributed by atoms with Crippen LogP contribution in [0.3, 0.4) is 0 Å². The van der Waals surface area contributed by atoms with E-state index in [0.29, 0.717) is 15.7 Å². The summed E-state index contributed by atoms with van der Waals surface area (Å²) in [7, 11) is 0. The number of carboxylic acids is 1. The van der Waals surface area contributed by atoms with Crippen LogP contribution in [0.4, 0.5) is 5.82 Å². The first-order valence-electron chi connectivity index (χ1n) is 4.66. The maximum Gasteiger partial charge on any atom is 0.339 e. The van der Waals surface area contributed by atoms with Crippen molar-refractivity contribution in [3.8, 4) is 11.3 Å². The van der Waals surface area contributed by atoms with Crippen molar-refractivity contribution >= 4 is 35.0 Å². The summed E-state index contributed by atoms with van der Waals surface area (Å²) >= 11 is 11.7. The topological polar surface area (TPSA) is 79.1 Å². The van der Waals surface area contributed by atoms with Crippen molar-refractivity contribution in [1.29, 1.82) is 0 Å². The number of anilines is 1. The van der Waals surface area contributed by atoms with Crippen LogP contribution < -0.4 is 5.73 Å². The van der Waals surface area contributed by atoms with Gasteiger partial charge in [0.15, 0.2) is 0 Å². The van der Waals surface area contributed by atoms with Gasteiger partial charge in [0.1, 0.15) is 11.4 Å². The van der Waals surface area contributed by atoms with Gasteiger partial charge in [-0.05, 0) is 23.8 Å². The summed E-state index contributed by atoms with van der Waals surface area (Å²) in [5.41, 5.74) is 6.89. The SMILES string of the molecule is Nc1[nH]c(-c2ccc(Cl)c(Cl)c2)cc1C(=O)O. The van der Waals surface area contributed by atoms with Gasteiger partial charge in [-0.2, -0.15) is 0 Å². The summed E-state index contributed by atoms with van der Waals surface area (Å²) in [6, 6.07) is 6.46. The molecule has 0 saturated heterocycles. The molecule has 4 nitrogen and oxygen atoms in total. The van der Waals surface area contributed by atoms with Crippen LogP contribution in [0.25, 0.3) is 11.3 Å². The zero-order valence-electron chi connectivity index (χ0n) is 8.50. The minimum absolute atomic E-state index is 0.0334. The van der Waals surface area contributed by atoms with Crippen molar-refractivity contribution in [1.82, 2.24) is 4.98 Å². The summed E-state index contributed by atoms with van der Waals surface area (Å²) in [6.45, 7) is 0. The number of halogens is 2. The number of hydrogen-bond acceptors (Lipinski definition) is 2. The van der Waals surface area contributed by atoms with Gasteiger partial charge in [0, 0.05) is 5.69 Å². The Morgan fingerprint density at radius 1 is 1.24 bits per heavy atom. The van der Waals surface area contributed by atoms with Crippen LogP contribution in [-0.4, -0.2) is 16.1 Å². The van der Waals surface area contributed by atoms with Crippen molar-refractivity contribution in [2.24, 2.45) is 0 Å². The fourth-order valence-electron chi connectivity index (χ4n) is 1.47. The first kappa shape index (κ1) is 11.8. The van der Waals surface area contributed by atoms with Gasteiger partial charge >= 0.3 is 5.97 Å². The second kappa shape index (κ2) is 4.31. The van der Waals surface area contributed by atoms with E-state index in [1.54, 1.807) is 18.2 Å². The molecule has 4 N–H and O–H groups in total. The number of H-pyrrole nitrogens is 1. The number of benzene rings is 1. The average Bonchev–Trinajstić information content (AvgIpc) is 2.64. The van der Waals surface area contributed by atoms with Gasteiger partial charge in [-0.25, -0.2) is 4.79 Å². The number of aromatic carboxylic acids is 1. The molecule has 0 bridgehead atoms. The largest absolute Gasteiger partial charge is 0.478 e. The number of carbonyl (C=O) groups is 1. The predicted octanol–water partition coefficient (Wildman–Crippen LogP) is 3.27. The van der Waals surface area contributed by atoms with Crippen LogP contribution >= 0.6 is 23.2 Å². The van der Waals surface area contributed by atoms with Crippen molar-refractivity contribution in [3.63, 3.8) is 0 Å². The molecule has 0 aliphatic carbocycles. The smallest absolute Gasteiger partial charge is 0.339 e. The molecule has 2 aromatic rings. The number of nitrogens with two attached hydrogens (primary N) is 1. The molecule has 0 unspecified atom stereocenters. The Labute approximate surface area is 107 Å². The molecule has 0 spiro atoms. The van der Waals surface area contributed by atoms with Crippen LogP contribution in [0.2, 0.25) is 10.0 Å². The van der Waals surface area contributed by atoms with E-state index in [4.69, 9.17) is 34.0 Å². The lowest BCUT2D eigenvalue weighted by molar-refractivity contribution is 0.0698. The van der Waals surface area contributed by atoms with Crippen LogP contribution in [0.5, 0.6) is 0 Å². The second-order valence-corrected chi connectivity index (χ2v) is 4.26. The number of nitrogens with one attached hydrogen (secondary N) is 1. The van der Waals surface area contributed by atoms with E-state index in [1.165, 1.54) is 6.07 Å². The van der Waals surface area contributed by atoms with Gasteiger partial charge in [-0.3, -0.25) is 0 Å². The van der Waals surface area contributed by atoms with Gasteiger partial charge in [0.25, 0.3) is 0 Å².